The monoisotopic (exact) mass is 426 g/mol. The molecule has 2 saturated heterocycles. The van der Waals surface area contributed by atoms with Gasteiger partial charge >= 0.3 is 6.03 Å². The number of hydrogen-bond donors (Lipinski definition) is 2. The van der Waals surface area contributed by atoms with Crippen molar-refractivity contribution < 1.29 is 14.3 Å². The van der Waals surface area contributed by atoms with E-state index in [1.165, 1.54) is 12.8 Å². The largest absolute Gasteiger partial charge is 0.497 e. The lowest BCUT2D eigenvalue weighted by atomic mass is 9.92. The molecule has 0 radical (unpaired) electrons. The van der Waals surface area contributed by atoms with Crippen LogP contribution >= 0.6 is 0 Å². The first-order valence-electron chi connectivity index (χ1n) is 11.8. The SMILES string of the molecule is COc1ccc(CNC(=O)[C@@H]2C[C@@H]3CN(C(=O)NC4CC4)CC[C@H]3N2CC2CC2)cc1. The number of nitrogens with one attached hydrogen (secondary N) is 2. The standard InChI is InChI=1S/C24H34N4O3/c1-31-20-8-4-16(5-9-20)13-25-23(29)22-12-18-15-27(24(30)26-19-6-7-19)11-10-21(18)28(22)14-17-2-3-17/h4-5,8-9,17-19,21-22H,2-3,6-7,10-15H2,1H3,(H,25,29)(H,26,30)/t18-,21-,22+/m1/s1. The molecule has 2 heterocycles. The Morgan fingerprint density at radius 3 is 2.55 bits per heavy atom. The summed E-state index contributed by atoms with van der Waals surface area (Å²) in [4.78, 5) is 30.2. The zero-order chi connectivity index (χ0) is 21.4. The Kier molecular flexibility index (Phi) is 5.78. The number of likely N-dealkylation sites (tertiary alicyclic amines) is 2. The second-order valence-electron chi connectivity index (χ2n) is 9.74. The first-order chi connectivity index (χ1) is 15.1. The number of nitrogens with zero attached hydrogens (tertiary/aromatic N) is 2. The molecule has 0 unspecified atom stereocenters. The number of ether oxygens (including phenoxy) is 1. The minimum atomic E-state index is -0.0831. The number of carbonyl (C=O) groups is 2. The summed E-state index contributed by atoms with van der Waals surface area (Å²) in [5, 5.41) is 6.29. The number of urea groups is 1. The molecule has 2 saturated carbocycles. The first kappa shape index (κ1) is 20.6. The van der Waals surface area contributed by atoms with Crippen molar-refractivity contribution in [1.29, 1.82) is 0 Å². The Bertz CT molecular complexity index is 806. The lowest BCUT2D eigenvalue weighted by Gasteiger charge is -2.38. The molecule has 3 amide bonds. The summed E-state index contributed by atoms with van der Waals surface area (Å²) < 4.78 is 5.21. The van der Waals surface area contributed by atoms with Crippen LogP contribution in [-0.4, -0.2) is 66.6 Å². The molecular weight excluding hydrogens is 392 g/mol. The summed E-state index contributed by atoms with van der Waals surface area (Å²) in [5.41, 5.74) is 1.07. The lowest BCUT2D eigenvalue weighted by molar-refractivity contribution is -0.126. The molecule has 31 heavy (non-hydrogen) atoms. The van der Waals surface area contributed by atoms with Gasteiger partial charge in [0.25, 0.3) is 0 Å². The number of benzene rings is 1. The van der Waals surface area contributed by atoms with Gasteiger partial charge in [-0.05, 0) is 68.1 Å². The van der Waals surface area contributed by atoms with Crippen LogP contribution in [0.2, 0.25) is 0 Å². The van der Waals surface area contributed by atoms with E-state index < -0.39 is 0 Å². The number of rotatable bonds is 7. The van der Waals surface area contributed by atoms with Crippen LogP contribution in [0, 0.1) is 11.8 Å². The molecule has 7 heteroatoms. The maximum Gasteiger partial charge on any atom is 0.317 e. The lowest BCUT2D eigenvalue weighted by Crippen LogP contribution is -2.52. The zero-order valence-corrected chi connectivity index (χ0v) is 18.4. The summed E-state index contributed by atoms with van der Waals surface area (Å²) in [6.07, 6.45) is 6.60. The molecule has 1 aromatic rings. The van der Waals surface area contributed by atoms with Crippen LogP contribution in [0.5, 0.6) is 5.75 Å². The van der Waals surface area contributed by atoms with Gasteiger partial charge in [0, 0.05) is 38.3 Å². The zero-order valence-electron chi connectivity index (χ0n) is 18.4. The second-order valence-corrected chi connectivity index (χ2v) is 9.74. The number of carbonyl (C=O) groups excluding carboxylic acids is 2. The van der Waals surface area contributed by atoms with Crippen molar-refractivity contribution in [3.63, 3.8) is 0 Å². The van der Waals surface area contributed by atoms with E-state index >= 15 is 0 Å². The van der Waals surface area contributed by atoms with Gasteiger partial charge < -0.3 is 20.3 Å². The Hall–Kier alpha value is -2.28. The second kappa shape index (κ2) is 8.69. The summed E-state index contributed by atoms with van der Waals surface area (Å²) in [7, 11) is 1.65. The van der Waals surface area contributed by atoms with Crippen LogP contribution in [0.25, 0.3) is 0 Å². The van der Waals surface area contributed by atoms with Gasteiger partial charge in [-0.1, -0.05) is 12.1 Å². The molecule has 1 aromatic carbocycles. The summed E-state index contributed by atoms with van der Waals surface area (Å²) in [5.74, 6) is 2.07. The third kappa shape index (κ3) is 4.81. The van der Waals surface area contributed by atoms with Crippen molar-refractivity contribution >= 4 is 11.9 Å². The van der Waals surface area contributed by atoms with Gasteiger partial charge in [-0.3, -0.25) is 9.69 Å². The third-order valence-electron chi connectivity index (χ3n) is 7.33. The van der Waals surface area contributed by atoms with Gasteiger partial charge in [-0.15, -0.1) is 0 Å². The highest BCUT2D eigenvalue weighted by atomic mass is 16.5. The molecule has 2 aliphatic carbocycles. The third-order valence-corrected chi connectivity index (χ3v) is 7.33. The molecule has 2 aliphatic heterocycles. The van der Waals surface area contributed by atoms with Crippen LogP contribution in [0.1, 0.15) is 44.1 Å². The Morgan fingerprint density at radius 1 is 1.10 bits per heavy atom. The molecule has 168 valence electrons. The normalized spacial score (nSPS) is 28.2. The predicted octanol–water partition coefficient (Wildman–Crippen LogP) is 2.36. The fraction of sp³-hybridized carbons (Fsp3) is 0.667. The highest BCUT2D eigenvalue weighted by Crippen LogP contribution is 2.40. The predicted molar refractivity (Wildman–Crippen MR) is 118 cm³/mol. The van der Waals surface area contributed by atoms with Gasteiger partial charge in [0.1, 0.15) is 5.75 Å². The highest BCUT2D eigenvalue weighted by Gasteiger charge is 2.48. The van der Waals surface area contributed by atoms with E-state index in [4.69, 9.17) is 4.74 Å². The van der Waals surface area contributed by atoms with Crippen molar-refractivity contribution in [2.45, 2.75) is 63.2 Å². The van der Waals surface area contributed by atoms with E-state index in [2.05, 4.69) is 15.5 Å². The molecule has 4 aliphatic rings. The average molecular weight is 427 g/mol. The highest BCUT2D eigenvalue weighted by molar-refractivity contribution is 5.82. The number of fused-ring (bicyclic) bond motifs is 1. The van der Waals surface area contributed by atoms with Gasteiger partial charge in [0.05, 0.1) is 13.2 Å². The molecule has 5 rings (SSSR count). The van der Waals surface area contributed by atoms with Crippen molar-refractivity contribution in [2.24, 2.45) is 11.8 Å². The van der Waals surface area contributed by atoms with E-state index in [0.717, 1.165) is 62.5 Å². The minimum Gasteiger partial charge on any atom is -0.497 e. The van der Waals surface area contributed by atoms with Crippen molar-refractivity contribution in [2.75, 3.05) is 26.7 Å². The van der Waals surface area contributed by atoms with E-state index in [0.29, 0.717) is 24.5 Å². The number of hydrogen-bond acceptors (Lipinski definition) is 4. The van der Waals surface area contributed by atoms with Crippen molar-refractivity contribution in [3.05, 3.63) is 29.8 Å². The Balaban J connectivity index is 1.21. The molecule has 0 aromatic heterocycles. The van der Waals surface area contributed by atoms with E-state index in [1.807, 2.05) is 29.2 Å². The molecule has 2 N–H and O–H groups in total. The Morgan fingerprint density at radius 2 is 1.87 bits per heavy atom. The van der Waals surface area contributed by atoms with Crippen molar-refractivity contribution in [3.8, 4) is 5.75 Å². The molecule has 4 fully saturated rings. The van der Waals surface area contributed by atoms with Gasteiger partial charge in [-0.25, -0.2) is 4.79 Å². The molecular formula is C24H34N4O3. The van der Waals surface area contributed by atoms with Gasteiger partial charge in [-0.2, -0.15) is 0 Å². The topological polar surface area (TPSA) is 73.9 Å². The van der Waals surface area contributed by atoms with Crippen LogP contribution in [0.15, 0.2) is 24.3 Å². The summed E-state index contributed by atoms with van der Waals surface area (Å²) >= 11 is 0. The van der Waals surface area contributed by atoms with Crippen LogP contribution in [0.4, 0.5) is 4.79 Å². The molecule has 3 atom stereocenters. The maximum absolute atomic E-state index is 13.2. The average Bonchev–Trinajstić information content (AvgIpc) is 3.72. The van der Waals surface area contributed by atoms with E-state index in [9.17, 15) is 9.59 Å². The fourth-order valence-corrected chi connectivity index (χ4v) is 5.19. The number of piperidine rings is 1. The number of amides is 3. The Labute approximate surface area is 184 Å². The van der Waals surface area contributed by atoms with Crippen LogP contribution in [-0.2, 0) is 11.3 Å². The number of methoxy groups -OCH3 is 1. The molecule has 0 spiro atoms. The minimum absolute atomic E-state index is 0.0831. The van der Waals surface area contributed by atoms with Gasteiger partial charge in [0.2, 0.25) is 5.91 Å². The van der Waals surface area contributed by atoms with Crippen LogP contribution < -0.4 is 15.4 Å². The van der Waals surface area contributed by atoms with E-state index in [-0.39, 0.29) is 18.0 Å². The first-order valence-corrected chi connectivity index (χ1v) is 11.8. The summed E-state index contributed by atoms with van der Waals surface area (Å²) in [6.45, 7) is 3.12. The maximum atomic E-state index is 13.2. The quantitative estimate of drug-likeness (QED) is 0.702. The van der Waals surface area contributed by atoms with Gasteiger partial charge in [0.15, 0.2) is 0 Å². The molecule has 0 bridgehead atoms. The van der Waals surface area contributed by atoms with Crippen LogP contribution in [0.3, 0.4) is 0 Å². The van der Waals surface area contributed by atoms with E-state index in [1.54, 1.807) is 7.11 Å². The van der Waals surface area contributed by atoms with Crippen molar-refractivity contribution in [1.82, 2.24) is 20.4 Å². The fourth-order valence-electron chi connectivity index (χ4n) is 5.19. The summed E-state index contributed by atoms with van der Waals surface area (Å²) in [6, 6.07) is 8.64. The molecule has 7 nitrogen and oxygen atoms in total. The smallest absolute Gasteiger partial charge is 0.317 e.